The molecule has 70 valence electrons. The molecule has 3 nitrogen and oxygen atoms in total. The van der Waals surface area contributed by atoms with Gasteiger partial charge in [-0.15, -0.1) is 0 Å². The lowest BCUT2D eigenvalue weighted by atomic mass is 10.3. The van der Waals surface area contributed by atoms with Gasteiger partial charge in [0.15, 0.2) is 0 Å². The molecule has 0 aromatic carbocycles. The summed E-state index contributed by atoms with van der Waals surface area (Å²) < 4.78 is 0. The number of rotatable bonds is 2. The minimum Gasteiger partial charge on any atom is -0.383 e. The molecule has 1 amide bonds. The Hall–Kier alpha value is -0.353. The second kappa shape index (κ2) is 3.18. The predicted octanol–water partition coefficient (Wildman–Crippen LogP) is 0.457. The molecule has 0 bridgehead atoms. The summed E-state index contributed by atoms with van der Waals surface area (Å²) in [5.74, 6) is -0.0718. The van der Waals surface area contributed by atoms with Crippen molar-refractivity contribution in [2.45, 2.75) is 32.2 Å². The molecule has 0 aromatic rings. The second-order valence-electron chi connectivity index (χ2n) is 4.62. The zero-order chi connectivity index (χ0) is 9.35. The fourth-order valence-electron chi connectivity index (χ4n) is 1.45. The molecule has 1 heterocycles. The lowest BCUT2D eigenvalue weighted by Crippen LogP contribution is -2.42. The lowest BCUT2D eigenvalue weighted by molar-refractivity contribution is -0.133. The minimum absolute atomic E-state index is 0.0718. The van der Waals surface area contributed by atoms with Gasteiger partial charge in [-0.1, -0.05) is 19.6 Å². The standard InChI is InChI=1S/C8H17NO2Si/c1-12(2,3)6-9-5-4-7(10)8(9)11/h7,10H,4-6H2,1-3H3. The van der Waals surface area contributed by atoms with Crippen molar-refractivity contribution < 1.29 is 9.90 Å². The van der Waals surface area contributed by atoms with Crippen LogP contribution in [0.4, 0.5) is 0 Å². The minimum atomic E-state index is -1.20. The molecule has 0 spiro atoms. The van der Waals surface area contributed by atoms with Crippen LogP contribution < -0.4 is 0 Å². The number of carbonyl (C=O) groups is 1. The molecule has 0 aromatic heterocycles. The highest BCUT2D eigenvalue weighted by molar-refractivity contribution is 6.76. The molecule has 1 rings (SSSR count). The maximum atomic E-state index is 11.3. The Morgan fingerprint density at radius 3 is 2.50 bits per heavy atom. The van der Waals surface area contributed by atoms with Gasteiger partial charge in [0, 0.05) is 12.7 Å². The zero-order valence-corrected chi connectivity index (χ0v) is 9.00. The quantitative estimate of drug-likeness (QED) is 0.638. The number of carbonyl (C=O) groups excluding carboxylic acids is 1. The van der Waals surface area contributed by atoms with Gasteiger partial charge in [0.25, 0.3) is 5.91 Å². The molecular weight excluding hydrogens is 170 g/mol. The van der Waals surface area contributed by atoms with Gasteiger partial charge in [-0.2, -0.15) is 0 Å². The van der Waals surface area contributed by atoms with Gasteiger partial charge in [-0.25, -0.2) is 0 Å². The van der Waals surface area contributed by atoms with Crippen molar-refractivity contribution in [3.8, 4) is 0 Å². The van der Waals surface area contributed by atoms with E-state index in [2.05, 4.69) is 19.6 Å². The van der Waals surface area contributed by atoms with Crippen molar-refractivity contribution in [2.75, 3.05) is 12.7 Å². The van der Waals surface area contributed by atoms with Crippen LogP contribution in [-0.4, -0.2) is 42.8 Å². The summed E-state index contributed by atoms with van der Waals surface area (Å²) in [6.07, 6.45) is 0.771. The van der Waals surface area contributed by atoms with Crippen molar-refractivity contribution in [2.24, 2.45) is 0 Å². The zero-order valence-electron chi connectivity index (χ0n) is 8.00. The molecule has 1 aliphatic rings. The number of nitrogens with zero attached hydrogens (tertiary/aromatic N) is 1. The average molecular weight is 187 g/mol. The van der Waals surface area contributed by atoms with Crippen molar-refractivity contribution in [3.63, 3.8) is 0 Å². The first-order valence-corrected chi connectivity index (χ1v) is 8.08. The van der Waals surface area contributed by atoms with Gasteiger partial charge in [0.05, 0.1) is 8.07 Å². The first kappa shape index (κ1) is 9.73. The van der Waals surface area contributed by atoms with E-state index in [1.165, 1.54) is 0 Å². The molecular formula is C8H17NO2Si. The normalized spacial score (nSPS) is 25.2. The van der Waals surface area contributed by atoms with Crippen molar-refractivity contribution in [1.29, 1.82) is 0 Å². The maximum absolute atomic E-state index is 11.3. The molecule has 1 saturated heterocycles. The fourth-order valence-corrected chi connectivity index (χ4v) is 2.91. The summed E-state index contributed by atoms with van der Waals surface area (Å²) >= 11 is 0. The van der Waals surface area contributed by atoms with Crippen LogP contribution >= 0.6 is 0 Å². The van der Waals surface area contributed by atoms with Crippen LogP contribution in [0.5, 0.6) is 0 Å². The van der Waals surface area contributed by atoms with E-state index in [1.807, 2.05) is 0 Å². The third-order valence-corrected chi connectivity index (χ3v) is 3.26. The summed E-state index contributed by atoms with van der Waals surface area (Å²) in [6, 6.07) is 0. The molecule has 1 aliphatic heterocycles. The number of aliphatic hydroxyl groups excluding tert-OH is 1. The van der Waals surface area contributed by atoms with E-state index in [9.17, 15) is 9.90 Å². The number of hydrogen-bond donors (Lipinski definition) is 1. The highest BCUT2D eigenvalue weighted by Crippen LogP contribution is 2.14. The van der Waals surface area contributed by atoms with Gasteiger partial charge >= 0.3 is 0 Å². The van der Waals surface area contributed by atoms with Crippen LogP contribution in [0.2, 0.25) is 19.6 Å². The van der Waals surface area contributed by atoms with Crippen molar-refractivity contribution in [1.82, 2.24) is 4.90 Å². The van der Waals surface area contributed by atoms with Crippen LogP contribution in [0.15, 0.2) is 0 Å². The Morgan fingerprint density at radius 1 is 1.58 bits per heavy atom. The maximum Gasteiger partial charge on any atom is 0.251 e. The molecule has 12 heavy (non-hydrogen) atoms. The number of hydrogen-bond acceptors (Lipinski definition) is 2. The van der Waals surface area contributed by atoms with E-state index in [1.54, 1.807) is 4.90 Å². The number of amides is 1. The fraction of sp³-hybridized carbons (Fsp3) is 0.875. The summed E-state index contributed by atoms with van der Waals surface area (Å²) in [4.78, 5) is 13.1. The first-order chi connectivity index (χ1) is 5.40. The van der Waals surface area contributed by atoms with E-state index in [0.29, 0.717) is 6.42 Å². The van der Waals surface area contributed by atoms with Gasteiger partial charge in [-0.3, -0.25) is 4.79 Å². The van der Waals surface area contributed by atoms with E-state index in [0.717, 1.165) is 12.7 Å². The van der Waals surface area contributed by atoms with Gasteiger partial charge in [0.1, 0.15) is 6.10 Å². The Morgan fingerprint density at radius 2 is 2.17 bits per heavy atom. The first-order valence-electron chi connectivity index (χ1n) is 4.37. The van der Waals surface area contributed by atoms with Crippen LogP contribution in [0.3, 0.4) is 0 Å². The largest absolute Gasteiger partial charge is 0.383 e. The third kappa shape index (κ3) is 2.32. The Bertz CT molecular complexity index is 188. The molecule has 1 fully saturated rings. The summed E-state index contributed by atoms with van der Waals surface area (Å²) in [5, 5.41) is 9.19. The summed E-state index contributed by atoms with van der Waals surface area (Å²) in [6.45, 7) is 7.42. The van der Waals surface area contributed by atoms with E-state index >= 15 is 0 Å². The molecule has 0 aliphatic carbocycles. The van der Waals surface area contributed by atoms with E-state index < -0.39 is 14.2 Å². The summed E-state index contributed by atoms with van der Waals surface area (Å²) in [7, 11) is -1.20. The smallest absolute Gasteiger partial charge is 0.251 e. The third-order valence-electron chi connectivity index (χ3n) is 1.93. The van der Waals surface area contributed by atoms with Crippen LogP contribution in [-0.2, 0) is 4.79 Å². The van der Waals surface area contributed by atoms with Crippen molar-refractivity contribution in [3.05, 3.63) is 0 Å². The highest BCUT2D eigenvalue weighted by Gasteiger charge is 2.32. The monoisotopic (exact) mass is 187 g/mol. The Labute approximate surface area is 74.4 Å². The second-order valence-corrected chi connectivity index (χ2v) is 10.1. The Balaban J connectivity index is 2.50. The Kier molecular flexibility index (Phi) is 2.58. The molecule has 4 heteroatoms. The molecule has 1 N–H and O–H groups in total. The van der Waals surface area contributed by atoms with E-state index in [-0.39, 0.29) is 5.91 Å². The van der Waals surface area contributed by atoms with Gasteiger partial charge in [-0.05, 0) is 6.42 Å². The van der Waals surface area contributed by atoms with Crippen LogP contribution in [0.1, 0.15) is 6.42 Å². The molecule has 0 saturated carbocycles. The highest BCUT2D eigenvalue weighted by atomic mass is 28.3. The number of aliphatic hydroxyl groups is 1. The van der Waals surface area contributed by atoms with Crippen LogP contribution in [0, 0.1) is 0 Å². The van der Waals surface area contributed by atoms with Gasteiger partial charge in [0.2, 0.25) is 0 Å². The molecule has 0 radical (unpaired) electrons. The van der Waals surface area contributed by atoms with Crippen LogP contribution in [0.25, 0.3) is 0 Å². The number of likely N-dealkylation sites (tertiary alicyclic amines) is 1. The molecule has 1 unspecified atom stereocenters. The molecule has 1 atom stereocenters. The summed E-state index contributed by atoms with van der Waals surface area (Å²) in [5.41, 5.74) is 0. The van der Waals surface area contributed by atoms with Crippen molar-refractivity contribution >= 4 is 14.0 Å². The topological polar surface area (TPSA) is 40.5 Å². The average Bonchev–Trinajstić information content (AvgIpc) is 2.16. The van der Waals surface area contributed by atoms with Gasteiger partial charge < -0.3 is 10.0 Å². The SMILES string of the molecule is C[Si](C)(C)CN1CCC(O)C1=O. The van der Waals surface area contributed by atoms with E-state index in [4.69, 9.17) is 0 Å². The predicted molar refractivity (Wildman–Crippen MR) is 50.5 cm³/mol. The lowest BCUT2D eigenvalue weighted by Gasteiger charge is -2.24.